The number of fused-ring (bicyclic) bond motifs is 2. The smallest absolute Gasteiger partial charge is 0.384 e. The fraction of sp³-hybridized carbons (Fsp3) is 0.286. The van der Waals surface area contributed by atoms with E-state index in [1.54, 1.807) is 47.0 Å². The van der Waals surface area contributed by atoms with Crippen molar-refractivity contribution in [2.45, 2.75) is 30.0 Å². The van der Waals surface area contributed by atoms with Crippen molar-refractivity contribution >= 4 is 16.1 Å². The van der Waals surface area contributed by atoms with Crippen LogP contribution >= 0.6 is 0 Å². The van der Waals surface area contributed by atoms with E-state index in [9.17, 15) is 31.1 Å². The monoisotopic (exact) mass is 587 g/mol. The molecule has 41 heavy (non-hydrogen) atoms. The van der Waals surface area contributed by atoms with Crippen LogP contribution in [0.5, 0.6) is 0 Å². The number of aromatic nitrogens is 4. The van der Waals surface area contributed by atoms with Gasteiger partial charge in [0.25, 0.3) is 0 Å². The van der Waals surface area contributed by atoms with Crippen LogP contribution in [0.15, 0.2) is 77.6 Å². The number of aryl methyl sites for hydroxylation is 1. The summed E-state index contributed by atoms with van der Waals surface area (Å²) in [6, 6.07) is 9.27. The van der Waals surface area contributed by atoms with E-state index in [0.29, 0.717) is 11.5 Å². The van der Waals surface area contributed by atoms with Gasteiger partial charge in [-0.3, -0.25) is 0 Å². The molecule has 0 spiro atoms. The summed E-state index contributed by atoms with van der Waals surface area (Å²) >= 11 is 0. The first kappa shape index (κ1) is 27.4. The van der Waals surface area contributed by atoms with E-state index in [-0.39, 0.29) is 36.6 Å². The molecule has 1 fully saturated rings. The van der Waals surface area contributed by atoms with E-state index in [0.717, 1.165) is 41.1 Å². The highest BCUT2D eigenvalue weighted by Crippen LogP contribution is 2.52. The normalized spacial score (nSPS) is 20.3. The molecule has 1 unspecified atom stereocenters. The quantitative estimate of drug-likeness (QED) is 0.347. The summed E-state index contributed by atoms with van der Waals surface area (Å²) in [4.78, 5) is 4.06. The molecule has 0 bridgehead atoms. The Bertz CT molecular complexity index is 1740. The maximum atomic E-state index is 13.7. The highest BCUT2D eigenvalue weighted by Gasteiger charge is 2.51. The summed E-state index contributed by atoms with van der Waals surface area (Å²) in [5.41, 5.74) is 0.862. The van der Waals surface area contributed by atoms with Crippen LogP contribution in [0.25, 0.3) is 11.8 Å². The Hall–Kier alpha value is -3.81. The van der Waals surface area contributed by atoms with E-state index in [1.807, 2.05) is 6.08 Å². The second-order valence-corrected chi connectivity index (χ2v) is 12.3. The van der Waals surface area contributed by atoms with Crippen LogP contribution in [-0.2, 0) is 29.7 Å². The van der Waals surface area contributed by atoms with E-state index in [2.05, 4.69) is 10.1 Å². The number of hydrogen-bond donors (Lipinski definition) is 1. The average molecular weight is 588 g/mol. The number of imidazole rings is 1. The van der Waals surface area contributed by atoms with Crippen molar-refractivity contribution in [1.29, 1.82) is 0 Å². The van der Waals surface area contributed by atoms with Gasteiger partial charge in [0.1, 0.15) is 17.7 Å². The Balaban J connectivity index is 1.41. The third-order valence-corrected chi connectivity index (χ3v) is 9.81. The van der Waals surface area contributed by atoms with Crippen LogP contribution in [0.3, 0.4) is 0 Å². The standard InChI is InChI=1S/C28H25F4N5O3S/c1-35-13-11-33-26(35)25(38)27-15-18-16-34-37(22-6-4-21(29)5-7-22)24(18)14-20(27)10-12-36(17-27)41(39,40)23-8-2-19(3-9-23)28(30,31)32/h2-9,11,13-14,16,25,38H,10,12,15,17H2,1H3/t25-,27?/m0/s1. The fourth-order valence-electron chi connectivity index (χ4n) is 5.77. The number of alkyl halides is 3. The molecule has 2 atom stereocenters. The van der Waals surface area contributed by atoms with Gasteiger partial charge in [0.05, 0.1) is 28.0 Å². The molecule has 2 aromatic carbocycles. The van der Waals surface area contributed by atoms with Crippen molar-refractivity contribution < 1.29 is 31.1 Å². The molecule has 2 aliphatic rings. The first-order chi connectivity index (χ1) is 19.4. The van der Waals surface area contributed by atoms with E-state index in [1.165, 1.54) is 16.4 Å². The van der Waals surface area contributed by atoms with Gasteiger partial charge >= 0.3 is 6.18 Å². The molecular formula is C28H25F4N5O3S. The van der Waals surface area contributed by atoms with Gasteiger partial charge in [-0.15, -0.1) is 0 Å². The molecule has 0 amide bonds. The molecule has 1 aliphatic heterocycles. The predicted molar refractivity (Wildman–Crippen MR) is 141 cm³/mol. The van der Waals surface area contributed by atoms with Gasteiger partial charge in [-0.2, -0.15) is 22.6 Å². The maximum Gasteiger partial charge on any atom is 0.416 e. The highest BCUT2D eigenvalue weighted by molar-refractivity contribution is 7.89. The van der Waals surface area contributed by atoms with Crippen LogP contribution in [-0.4, -0.2) is 50.3 Å². The van der Waals surface area contributed by atoms with Crippen molar-refractivity contribution in [2.24, 2.45) is 12.5 Å². The van der Waals surface area contributed by atoms with E-state index < -0.39 is 33.3 Å². The molecule has 6 rings (SSSR count). The molecule has 1 aliphatic carbocycles. The molecule has 214 valence electrons. The Morgan fingerprint density at radius 3 is 2.41 bits per heavy atom. The fourth-order valence-corrected chi connectivity index (χ4v) is 7.28. The molecule has 13 heteroatoms. The minimum Gasteiger partial charge on any atom is -0.384 e. The van der Waals surface area contributed by atoms with Crippen LogP contribution in [0, 0.1) is 11.2 Å². The molecule has 0 radical (unpaired) electrons. The van der Waals surface area contributed by atoms with Gasteiger partial charge < -0.3 is 9.67 Å². The van der Waals surface area contributed by atoms with Gasteiger partial charge in [0.2, 0.25) is 10.0 Å². The number of benzene rings is 2. The molecule has 1 saturated heterocycles. The van der Waals surface area contributed by atoms with E-state index in [4.69, 9.17) is 0 Å². The summed E-state index contributed by atoms with van der Waals surface area (Å²) in [6.45, 7) is -0.0678. The highest BCUT2D eigenvalue weighted by atomic mass is 32.2. The SMILES string of the molecule is Cn1ccnc1[C@H](O)C12Cc3cnn(-c4ccc(F)cc4)c3C=C1CCN(S(=O)(=O)c1ccc(C(F)(F)F)cc1)C2. The number of piperidine rings is 1. The van der Waals surface area contributed by atoms with E-state index >= 15 is 0 Å². The molecule has 0 saturated carbocycles. The Morgan fingerprint density at radius 2 is 1.78 bits per heavy atom. The lowest BCUT2D eigenvalue weighted by molar-refractivity contribution is -0.137. The van der Waals surface area contributed by atoms with Crippen LogP contribution in [0.2, 0.25) is 0 Å². The van der Waals surface area contributed by atoms with Gasteiger partial charge in [-0.25, -0.2) is 22.5 Å². The largest absolute Gasteiger partial charge is 0.416 e. The van der Waals surface area contributed by atoms with Crippen molar-refractivity contribution in [1.82, 2.24) is 23.6 Å². The molecule has 3 heterocycles. The van der Waals surface area contributed by atoms with Gasteiger partial charge in [-0.05, 0) is 73.0 Å². The van der Waals surface area contributed by atoms with Gasteiger partial charge in [0.15, 0.2) is 0 Å². The molecule has 2 aromatic heterocycles. The average Bonchev–Trinajstić information content (AvgIpc) is 3.56. The summed E-state index contributed by atoms with van der Waals surface area (Å²) in [5.74, 6) is -0.0361. The summed E-state index contributed by atoms with van der Waals surface area (Å²) < 4.78 is 84.7. The number of sulfonamides is 1. The minimum atomic E-state index is -4.60. The third kappa shape index (κ3) is 4.57. The van der Waals surface area contributed by atoms with Crippen LogP contribution in [0.1, 0.15) is 35.2 Å². The molecule has 8 nitrogen and oxygen atoms in total. The number of rotatable bonds is 5. The van der Waals surface area contributed by atoms with Crippen molar-refractivity contribution in [3.05, 3.63) is 101 Å². The first-order valence-corrected chi connectivity index (χ1v) is 14.2. The number of hydrogen-bond acceptors (Lipinski definition) is 5. The van der Waals surface area contributed by atoms with Crippen molar-refractivity contribution in [2.75, 3.05) is 13.1 Å². The molecule has 1 N–H and O–H groups in total. The Kier molecular flexibility index (Phi) is 6.43. The van der Waals surface area contributed by atoms with Crippen LogP contribution < -0.4 is 0 Å². The van der Waals surface area contributed by atoms with Gasteiger partial charge in [-0.1, -0.05) is 5.57 Å². The van der Waals surface area contributed by atoms with Crippen molar-refractivity contribution in [3.8, 4) is 5.69 Å². The summed E-state index contributed by atoms with van der Waals surface area (Å²) in [6.07, 6.45) is 1.43. The zero-order valence-corrected chi connectivity index (χ0v) is 22.6. The third-order valence-electron chi connectivity index (χ3n) is 7.95. The van der Waals surface area contributed by atoms with Crippen LogP contribution in [0.4, 0.5) is 17.6 Å². The number of halogens is 4. The lowest BCUT2D eigenvalue weighted by atomic mass is 9.65. The number of nitrogens with zero attached hydrogens (tertiary/aromatic N) is 5. The topological polar surface area (TPSA) is 93.2 Å². The number of aliphatic hydroxyl groups excluding tert-OH is 1. The lowest BCUT2D eigenvalue weighted by Gasteiger charge is -2.48. The summed E-state index contributed by atoms with van der Waals surface area (Å²) in [7, 11) is -2.47. The summed E-state index contributed by atoms with van der Waals surface area (Å²) in [5, 5.41) is 16.3. The van der Waals surface area contributed by atoms with Crippen molar-refractivity contribution in [3.63, 3.8) is 0 Å². The molecule has 4 aromatic rings. The second-order valence-electron chi connectivity index (χ2n) is 10.4. The molecular weight excluding hydrogens is 562 g/mol. The predicted octanol–water partition coefficient (Wildman–Crippen LogP) is 4.52. The Morgan fingerprint density at radius 1 is 1.07 bits per heavy atom. The lowest BCUT2D eigenvalue weighted by Crippen LogP contribution is -2.52. The maximum absolute atomic E-state index is 13.7. The zero-order chi connectivity index (χ0) is 29.2. The Labute approximate surface area is 233 Å². The minimum absolute atomic E-state index is 0.0598. The van der Waals surface area contributed by atoms with Gasteiger partial charge in [0, 0.05) is 37.9 Å². The second kappa shape index (κ2) is 9.64. The zero-order valence-electron chi connectivity index (χ0n) is 21.8. The number of aliphatic hydroxyl groups is 1. The first-order valence-electron chi connectivity index (χ1n) is 12.8.